The molecule has 0 saturated heterocycles. The Labute approximate surface area is 118 Å². The molecule has 0 fully saturated rings. The van der Waals surface area contributed by atoms with Crippen LogP contribution in [0.15, 0.2) is 22.7 Å². The van der Waals surface area contributed by atoms with Crippen LogP contribution >= 0.6 is 0 Å². The second-order valence-electron chi connectivity index (χ2n) is 5.59. The number of aromatic nitrogens is 1. The van der Waals surface area contributed by atoms with Gasteiger partial charge in [0.25, 0.3) is 0 Å². The summed E-state index contributed by atoms with van der Waals surface area (Å²) >= 11 is 0. The van der Waals surface area contributed by atoms with Crippen LogP contribution in [-0.4, -0.2) is 19.4 Å². The van der Waals surface area contributed by atoms with Crippen LogP contribution in [0.25, 0.3) is 11.1 Å². The van der Waals surface area contributed by atoms with Gasteiger partial charge in [-0.05, 0) is 17.7 Å². The minimum absolute atomic E-state index is 0.187. The lowest BCUT2D eigenvalue weighted by atomic mass is 9.88. The number of rotatable bonds is 3. The first kappa shape index (κ1) is 14.2. The summed E-state index contributed by atoms with van der Waals surface area (Å²) in [6.07, 6.45) is 0. The summed E-state index contributed by atoms with van der Waals surface area (Å²) in [5, 5.41) is 3.89. The number of nitrogen functional groups attached to an aromatic ring is 1. The molecule has 0 bridgehead atoms. The van der Waals surface area contributed by atoms with Crippen LogP contribution < -0.4 is 15.2 Å². The Morgan fingerprint density at radius 3 is 2.30 bits per heavy atom. The Bertz CT molecular complexity index is 612. The summed E-state index contributed by atoms with van der Waals surface area (Å²) in [5.74, 6) is 2.44. The predicted octanol–water partition coefficient (Wildman–Crippen LogP) is 3.24. The molecule has 0 unspecified atom stereocenters. The maximum atomic E-state index is 5.96. The first-order valence-corrected chi connectivity index (χ1v) is 6.36. The van der Waals surface area contributed by atoms with Crippen molar-refractivity contribution in [1.82, 2.24) is 5.16 Å². The molecule has 20 heavy (non-hydrogen) atoms. The highest BCUT2D eigenvalue weighted by molar-refractivity contribution is 5.78. The summed E-state index contributed by atoms with van der Waals surface area (Å²) in [6.45, 7) is 6.16. The van der Waals surface area contributed by atoms with Gasteiger partial charge in [0.05, 0.1) is 19.8 Å². The van der Waals surface area contributed by atoms with Crippen molar-refractivity contribution >= 4 is 5.82 Å². The maximum Gasteiger partial charge on any atom is 0.175 e. The lowest BCUT2D eigenvalue weighted by Gasteiger charge is -2.17. The number of anilines is 1. The fourth-order valence-electron chi connectivity index (χ4n) is 2.09. The molecule has 2 aromatic rings. The Morgan fingerprint density at radius 1 is 1.10 bits per heavy atom. The van der Waals surface area contributed by atoms with Crippen LogP contribution in [-0.2, 0) is 5.41 Å². The van der Waals surface area contributed by atoms with Gasteiger partial charge in [-0.15, -0.1) is 0 Å². The highest BCUT2D eigenvalue weighted by Gasteiger charge is 2.27. The first-order valence-electron chi connectivity index (χ1n) is 6.36. The number of nitrogens with two attached hydrogens (primary N) is 1. The first-order chi connectivity index (χ1) is 9.38. The molecule has 0 radical (unpaired) electrons. The van der Waals surface area contributed by atoms with E-state index in [1.165, 1.54) is 0 Å². The van der Waals surface area contributed by atoms with E-state index in [0.29, 0.717) is 17.3 Å². The standard InChI is InChI=1S/C15H20N2O3/c1-15(2,3)13-12(14(16)17-20-13)9-6-7-10(18-4)11(8-9)19-5/h6-8H,1-5H3,(H2,16,17). The molecule has 2 N–H and O–H groups in total. The molecule has 5 heteroatoms. The largest absolute Gasteiger partial charge is 0.493 e. The zero-order valence-electron chi connectivity index (χ0n) is 12.5. The van der Waals surface area contributed by atoms with Gasteiger partial charge in [-0.25, -0.2) is 0 Å². The third kappa shape index (κ3) is 2.43. The number of hydrogen-bond acceptors (Lipinski definition) is 5. The number of methoxy groups -OCH3 is 2. The van der Waals surface area contributed by atoms with E-state index in [1.807, 2.05) is 18.2 Å². The lowest BCUT2D eigenvalue weighted by molar-refractivity contribution is 0.332. The lowest BCUT2D eigenvalue weighted by Crippen LogP contribution is -2.11. The van der Waals surface area contributed by atoms with E-state index in [2.05, 4.69) is 25.9 Å². The third-order valence-corrected chi connectivity index (χ3v) is 3.07. The smallest absolute Gasteiger partial charge is 0.175 e. The molecule has 0 atom stereocenters. The molecule has 0 amide bonds. The van der Waals surface area contributed by atoms with Gasteiger partial charge in [-0.3, -0.25) is 0 Å². The van der Waals surface area contributed by atoms with Crippen molar-refractivity contribution in [3.63, 3.8) is 0 Å². The fourth-order valence-corrected chi connectivity index (χ4v) is 2.09. The minimum atomic E-state index is -0.187. The van der Waals surface area contributed by atoms with Crippen molar-refractivity contribution in [2.75, 3.05) is 20.0 Å². The molecule has 0 spiro atoms. The number of benzene rings is 1. The van der Waals surface area contributed by atoms with E-state index in [0.717, 1.165) is 16.9 Å². The number of hydrogen-bond donors (Lipinski definition) is 1. The summed E-state index contributed by atoms with van der Waals surface area (Å²) < 4.78 is 16.0. The van der Waals surface area contributed by atoms with Gasteiger partial charge >= 0.3 is 0 Å². The zero-order chi connectivity index (χ0) is 14.9. The highest BCUT2D eigenvalue weighted by atomic mass is 16.5. The van der Waals surface area contributed by atoms with Crippen LogP contribution in [0.2, 0.25) is 0 Å². The molecule has 5 nitrogen and oxygen atoms in total. The summed E-state index contributed by atoms with van der Waals surface area (Å²) in [6, 6.07) is 5.63. The third-order valence-electron chi connectivity index (χ3n) is 3.07. The van der Waals surface area contributed by atoms with Crippen molar-refractivity contribution in [3.05, 3.63) is 24.0 Å². The van der Waals surface area contributed by atoms with Crippen LogP contribution in [0.1, 0.15) is 26.5 Å². The van der Waals surface area contributed by atoms with Crippen molar-refractivity contribution in [3.8, 4) is 22.6 Å². The average molecular weight is 276 g/mol. The molecule has 1 heterocycles. The van der Waals surface area contributed by atoms with Gasteiger partial charge in [0.15, 0.2) is 23.1 Å². The van der Waals surface area contributed by atoms with Crippen molar-refractivity contribution in [2.45, 2.75) is 26.2 Å². The van der Waals surface area contributed by atoms with E-state index >= 15 is 0 Å². The van der Waals surface area contributed by atoms with Crippen LogP contribution in [0.4, 0.5) is 5.82 Å². The Morgan fingerprint density at radius 2 is 1.75 bits per heavy atom. The van der Waals surface area contributed by atoms with Gasteiger partial charge in [-0.2, -0.15) is 0 Å². The number of nitrogens with zero attached hydrogens (tertiary/aromatic N) is 1. The topological polar surface area (TPSA) is 70.5 Å². The van der Waals surface area contributed by atoms with Gasteiger partial charge in [-0.1, -0.05) is 32.0 Å². The summed E-state index contributed by atoms with van der Waals surface area (Å²) in [7, 11) is 3.20. The van der Waals surface area contributed by atoms with Crippen molar-refractivity contribution in [1.29, 1.82) is 0 Å². The molecule has 1 aromatic heterocycles. The second kappa shape index (κ2) is 5.07. The number of ether oxygens (including phenoxy) is 2. The molecular weight excluding hydrogens is 256 g/mol. The molecule has 108 valence electrons. The molecule has 2 rings (SSSR count). The van der Waals surface area contributed by atoms with E-state index in [9.17, 15) is 0 Å². The fraction of sp³-hybridized carbons (Fsp3) is 0.400. The molecule has 0 aliphatic heterocycles. The van der Waals surface area contributed by atoms with Gasteiger partial charge in [0.2, 0.25) is 0 Å². The van der Waals surface area contributed by atoms with E-state index in [4.69, 9.17) is 19.7 Å². The summed E-state index contributed by atoms with van der Waals surface area (Å²) in [4.78, 5) is 0. The minimum Gasteiger partial charge on any atom is -0.493 e. The zero-order valence-corrected chi connectivity index (χ0v) is 12.5. The van der Waals surface area contributed by atoms with Gasteiger partial charge in [0.1, 0.15) is 0 Å². The Kier molecular flexibility index (Phi) is 3.61. The van der Waals surface area contributed by atoms with E-state index in [1.54, 1.807) is 14.2 Å². The Balaban J connectivity index is 2.60. The van der Waals surface area contributed by atoms with Crippen molar-refractivity contribution < 1.29 is 14.0 Å². The van der Waals surface area contributed by atoms with Crippen LogP contribution in [0.3, 0.4) is 0 Å². The second-order valence-corrected chi connectivity index (χ2v) is 5.59. The van der Waals surface area contributed by atoms with Crippen molar-refractivity contribution in [2.24, 2.45) is 0 Å². The quantitative estimate of drug-likeness (QED) is 0.931. The average Bonchev–Trinajstić information content (AvgIpc) is 2.79. The van der Waals surface area contributed by atoms with Gasteiger partial charge in [0, 0.05) is 5.41 Å². The predicted molar refractivity (Wildman–Crippen MR) is 78.2 cm³/mol. The SMILES string of the molecule is COc1ccc(-c2c(N)noc2C(C)(C)C)cc1OC. The molecular formula is C15H20N2O3. The molecule has 0 aliphatic carbocycles. The van der Waals surface area contributed by atoms with Crippen LogP contribution in [0.5, 0.6) is 11.5 Å². The van der Waals surface area contributed by atoms with Gasteiger partial charge < -0.3 is 19.7 Å². The highest BCUT2D eigenvalue weighted by Crippen LogP contribution is 2.40. The van der Waals surface area contributed by atoms with E-state index < -0.39 is 0 Å². The summed E-state index contributed by atoms with van der Waals surface area (Å²) in [5.41, 5.74) is 7.47. The molecule has 1 aromatic carbocycles. The Hall–Kier alpha value is -2.17. The monoisotopic (exact) mass is 276 g/mol. The molecule has 0 aliphatic rings. The molecule has 0 saturated carbocycles. The van der Waals surface area contributed by atoms with Crippen LogP contribution in [0, 0.1) is 0 Å². The van der Waals surface area contributed by atoms with E-state index in [-0.39, 0.29) is 5.41 Å². The normalized spacial score (nSPS) is 11.4. The maximum absolute atomic E-state index is 5.96.